The molecule has 1 saturated carbocycles. The summed E-state index contributed by atoms with van der Waals surface area (Å²) >= 11 is 0. The number of hydrogen-bond acceptors (Lipinski definition) is 5. The molecule has 110 valence electrons. The van der Waals surface area contributed by atoms with Gasteiger partial charge in [0.1, 0.15) is 6.10 Å². The van der Waals surface area contributed by atoms with E-state index in [1.165, 1.54) is 7.11 Å². The van der Waals surface area contributed by atoms with Gasteiger partial charge in [-0.15, -0.1) is 0 Å². The highest BCUT2D eigenvalue weighted by atomic mass is 16.5. The molecule has 0 aromatic carbocycles. The molecule has 0 heterocycles. The highest BCUT2D eigenvalue weighted by molar-refractivity contribution is 5.81. The maximum atomic E-state index is 11.8. The molecule has 0 spiro atoms. The number of hydrogen-bond donors (Lipinski definition) is 2. The quantitative estimate of drug-likeness (QED) is 0.674. The van der Waals surface area contributed by atoms with E-state index in [0.717, 1.165) is 25.7 Å². The Morgan fingerprint density at radius 3 is 2.42 bits per heavy atom. The standard InChI is InChI=1S/C13H24N2O4/c1-3-19-13(17)9-4-6-10(7-5-9)15-12(16)11(8-14)18-2/h9-11H,3-8,14H2,1-2H3,(H,15,16). The third-order valence-electron chi connectivity index (χ3n) is 3.48. The molecule has 0 bridgehead atoms. The molecule has 1 rings (SSSR count). The van der Waals surface area contributed by atoms with E-state index in [4.69, 9.17) is 15.2 Å². The smallest absolute Gasteiger partial charge is 0.308 e. The van der Waals surface area contributed by atoms with E-state index in [-0.39, 0.29) is 30.4 Å². The van der Waals surface area contributed by atoms with Crippen molar-refractivity contribution in [2.75, 3.05) is 20.3 Å². The molecule has 1 aliphatic rings. The zero-order valence-corrected chi connectivity index (χ0v) is 11.7. The lowest BCUT2D eigenvalue weighted by atomic mass is 9.86. The Kier molecular flexibility index (Phi) is 6.80. The maximum absolute atomic E-state index is 11.8. The summed E-state index contributed by atoms with van der Waals surface area (Å²) in [5.74, 6) is -0.325. The van der Waals surface area contributed by atoms with E-state index in [1.807, 2.05) is 6.92 Å². The number of ether oxygens (including phenoxy) is 2. The second-order valence-corrected chi connectivity index (χ2v) is 4.77. The van der Waals surface area contributed by atoms with Crippen molar-refractivity contribution in [3.05, 3.63) is 0 Å². The summed E-state index contributed by atoms with van der Waals surface area (Å²) in [4.78, 5) is 23.4. The third-order valence-corrected chi connectivity index (χ3v) is 3.48. The molecule has 1 unspecified atom stereocenters. The van der Waals surface area contributed by atoms with Crippen LogP contribution >= 0.6 is 0 Å². The molecule has 1 fully saturated rings. The summed E-state index contributed by atoms with van der Waals surface area (Å²) in [6.45, 7) is 2.39. The van der Waals surface area contributed by atoms with Crippen molar-refractivity contribution in [1.29, 1.82) is 0 Å². The summed E-state index contributed by atoms with van der Waals surface area (Å²) in [5, 5.41) is 2.92. The predicted molar refractivity (Wildman–Crippen MR) is 70.4 cm³/mol. The van der Waals surface area contributed by atoms with Crippen LogP contribution in [0, 0.1) is 5.92 Å². The van der Waals surface area contributed by atoms with Crippen LogP contribution < -0.4 is 11.1 Å². The zero-order chi connectivity index (χ0) is 14.3. The van der Waals surface area contributed by atoms with Crippen LogP contribution in [0.5, 0.6) is 0 Å². The van der Waals surface area contributed by atoms with Gasteiger partial charge in [0.15, 0.2) is 0 Å². The summed E-state index contributed by atoms with van der Waals surface area (Å²) in [5.41, 5.74) is 5.44. The van der Waals surface area contributed by atoms with Gasteiger partial charge in [0.2, 0.25) is 0 Å². The average molecular weight is 272 g/mol. The average Bonchev–Trinajstić information content (AvgIpc) is 2.41. The predicted octanol–water partition coefficient (Wildman–Crippen LogP) is 0.198. The summed E-state index contributed by atoms with van der Waals surface area (Å²) < 4.78 is 9.99. The van der Waals surface area contributed by atoms with Gasteiger partial charge in [-0.3, -0.25) is 9.59 Å². The largest absolute Gasteiger partial charge is 0.466 e. The van der Waals surface area contributed by atoms with Crippen molar-refractivity contribution >= 4 is 11.9 Å². The lowest BCUT2D eigenvalue weighted by Crippen LogP contribution is -2.46. The van der Waals surface area contributed by atoms with E-state index in [0.29, 0.717) is 6.61 Å². The molecule has 1 atom stereocenters. The Hall–Kier alpha value is -1.14. The number of esters is 1. The fourth-order valence-corrected chi connectivity index (χ4v) is 2.34. The van der Waals surface area contributed by atoms with Gasteiger partial charge in [-0.2, -0.15) is 0 Å². The van der Waals surface area contributed by atoms with Crippen LogP contribution in [0.4, 0.5) is 0 Å². The van der Waals surface area contributed by atoms with E-state index >= 15 is 0 Å². The first-order valence-corrected chi connectivity index (χ1v) is 6.82. The number of nitrogens with one attached hydrogen (secondary N) is 1. The second kappa shape index (κ2) is 8.12. The lowest BCUT2D eigenvalue weighted by molar-refractivity contribution is -0.149. The number of nitrogens with two attached hydrogens (primary N) is 1. The van der Waals surface area contributed by atoms with Gasteiger partial charge in [-0.25, -0.2) is 0 Å². The van der Waals surface area contributed by atoms with Gasteiger partial charge in [-0.1, -0.05) is 0 Å². The van der Waals surface area contributed by atoms with Gasteiger partial charge in [0.25, 0.3) is 5.91 Å². The van der Waals surface area contributed by atoms with Crippen LogP contribution in [0.3, 0.4) is 0 Å². The molecule has 6 heteroatoms. The first kappa shape index (κ1) is 15.9. The Balaban J connectivity index is 2.34. The molecule has 0 radical (unpaired) electrons. The topological polar surface area (TPSA) is 90.7 Å². The molecule has 0 aromatic heterocycles. The molecule has 0 aromatic rings. The zero-order valence-electron chi connectivity index (χ0n) is 11.7. The van der Waals surface area contributed by atoms with Gasteiger partial charge >= 0.3 is 5.97 Å². The first-order chi connectivity index (χ1) is 9.12. The number of rotatable bonds is 6. The molecule has 19 heavy (non-hydrogen) atoms. The molecular weight excluding hydrogens is 248 g/mol. The van der Waals surface area contributed by atoms with Gasteiger partial charge < -0.3 is 20.5 Å². The fourth-order valence-electron chi connectivity index (χ4n) is 2.34. The molecule has 1 amide bonds. The number of carbonyl (C=O) groups excluding carboxylic acids is 2. The molecule has 0 aliphatic heterocycles. The SMILES string of the molecule is CCOC(=O)C1CCC(NC(=O)C(CN)OC)CC1. The van der Waals surface area contributed by atoms with E-state index in [9.17, 15) is 9.59 Å². The molecule has 0 saturated heterocycles. The number of amides is 1. The first-order valence-electron chi connectivity index (χ1n) is 6.82. The van der Waals surface area contributed by atoms with E-state index < -0.39 is 6.10 Å². The summed E-state index contributed by atoms with van der Waals surface area (Å²) in [6, 6.07) is 0.0994. The van der Waals surface area contributed by atoms with Crippen LogP contribution in [-0.2, 0) is 19.1 Å². The monoisotopic (exact) mass is 272 g/mol. The van der Waals surface area contributed by atoms with Crippen molar-refractivity contribution in [1.82, 2.24) is 5.32 Å². The third kappa shape index (κ3) is 4.80. The summed E-state index contributed by atoms with van der Waals surface area (Å²) in [7, 11) is 1.47. The van der Waals surface area contributed by atoms with Crippen LogP contribution in [0.1, 0.15) is 32.6 Å². The number of methoxy groups -OCH3 is 1. The minimum Gasteiger partial charge on any atom is -0.466 e. The van der Waals surface area contributed by atoms with Crippen molar-refractivity contribution in [2.45, 2.75) is 44.8 Å². The Morgan fingerprint density at radius 1 is 1.32 bits per heavy atom. The minimum atomic E-state index is -0.595. The Labute approximate surface area is 114 Å². The second-order valence-electron chi connectivity index (χ2n) is 4.77. The van der Waals surface area contributed by atoms with Crippen molar-refractivity contribution in [3.8, 4) is 0 Å². The number of carbonyl (C=O) groups is 2. The van der Waals surface area contributed by atoms with Crippen LogP contribution in [0.2, 0.25) is 0 Å². The fraction of sp³-hybridized carbons (Fsp3) is 0.846. The molecule has 3 N–H and O–H groups in total. The van der Waals surface area contributed by atoms with E-state index in [2.05, 4.69) is 5.32 Å². The molecule has 1 aliphatic carbocycles. The van der Waals surface area contributed by atoms with E-state index in [1.54, 1.807) is 0 Å². The van der Waals surface area contributed by atoms with Crippen LogP contribution in [0.25, 0.3) is 0 Å². The highest BCUT2D eigenvalue weighted by Crippen LogP contribution is 2.25. The molecule has 6 nitrogen and oxygen atoms in total. The highest BCUT2D eigenvalue weighted by Gasteiger charge is 2.29. The van der Waals surface area contributed by atoms with Crippen molar-refractivity contribution in [2.24, 2.45) is 11.7 Å². The van der Waals surface area contributed by atoms with Crippen molar-refractivity contribution in [3.63, 3.8) is 0 Å². The maximum Gasteiger partial charge on any atom is 0.308 e. The van der Waals surface area contributed by atoms with Crippen LogP contribution in [0.15, 0.2) is 0 Å². The Bertz CT molecular complexity index is 297. The van der Waals surface area contributed by atoms with Crippen molar-refractivity contribution < 1.29 is 19.1 Å². The van der Waals surface area contributed by atoms with Gasteiger partial charge in [-0.05, 0) is 32.6 Å². The normalized spacial score (nSPS) is 24.6. The van der Waals surface area contributed by atoms with Gasteiger partial charge in [0, 0.05) is 19.7 Å². The van der Waals surface area contributed by atoms with Crippen LogP contribution in [-0.4, -0.2) is 44.3 Å². The van der Waals surface area contributed by atoms with Gasteiger partial charge in [0.05, 0.1) is 12.5 Å². The lowest BCUT2D eigenvalue weighted by Gasteiger charge is -2.28. The molecular formula is C13H24N2O4. The minimum absolute atomic E-state index is 0.0270. The Morgan fingerprint density at radius 2 is 1.95 bits per heavy atom. The summed E-state index contributed by atoms with van der Waals surface area (Å²) in [6.07, 6.45) is 2.49.